The molecule has 0 spiro atoms. The highest BCUT2D eigenvalue weighted by Crippen LogP contribution is 2.38. The van der Waals surface area contributed by atoms with Crippen LogP contribution < -0.4 is 0 Å². The normalized spacial score (nSPS) is 27.2. The molecule has 2 fully saturated rings. The first-order valence-corrected chi connectivity index (χ1v) is 10.8. The highest BCUT2D eigenvalue weighted by Gasteiger charge is 2.41. The minimum absolute atomic E-state index is 0.516. The summed E-state index contributed by atoms with van der Waals surface area (Å²) >= 11 is 0. The molecule has 1 aromatic rings. The molecular weight excluding hydrogens is 361 g/mol. The van der Waals surface area contributed by atoms with Crippen LogP contribution in [0.3, 0.4) is 0 Å². The van der Waals surface area contributed by atoms with Gasteiger partial charge in [-0.15, -0.1) is 0 Å². The Morgan fingerprint density at radius 1 is 0.929 bits per heavy atom. The van der Waals surface area contributed by atoms with Crippen molar-refractivity contribution >= 4 is 12.0 Å². The van der Waals surface area contributed by atoms with Gasteiger partial charge in [-0.1, -0.05) is 37.8 Å². The molecule has 0 saturated heterocycles. The summed E-state index contributed by atoms with van der Waals surface area (Å²) in [5.41, 5.74) is 0.675. The summed E-state index contributed by atoms with van der Waals surface area (Å²) in [6.45, 7) is 1.05. The molecule has 3 aliphatic rings. The number of rotatable bonds is 4. The van der Waals surface area contributed by atoms with Crippen LogP contribution in [0.15, 0.2) is 35.5 Å². The smallest absolute Gasteiger partial charge is 0.250 e. The molecule has 1 aliphatic heterocycles. The number of nitrogens with zero attached hydrogens (tertiary/aromatic N) is 2. The second-order valence-electron chi connectivity index (χ2n) is 8.81. The van der Waals surface area contributed by atoms with Gasteiger partial charge in [-0.05, 0) is 37.8 Å². The molecule has 1 atom stereocenters. The molecule has 0 N–H and O–H groups in total. The highest BCUT2D eigenvalue weighted by atomic mass is 19.4. The Labute approximate surface area is 165 Å². The van der Waals surface area contributed by atoms with Crippen LogP contribution in [0, 0.1) is 5.92 Å². The maximum Gasteiger partial charge on any atom is 0.416 e. The van der Waals surface area contributed by atoms with Gasteiger partial charge < -0.3 is 0 Å². The van der Waals surface area contributed by atoms with E-state index >= 15 is 0 Å². The van der Waals surface area contributed by atoms with Crippen molar-refractivity contribution in [2.75, 3.05) is 6.54 Å². The fourth-order valence-electron chi connectivity index (χ4n) is 5.30. The van der Waals surface area contributed by atoms with E-state index in [1.165, 1.54) is 76.3 Å². The third-order valence-electron chi connectivity index (χ3n) is 6.81. The molecular formula is C23H30F3N2+. The second kappa shape index (κ2) is 8.02. The Morgan fingerprint density at radius 2 is 1.61 bits per heavy atom. The zero-order valence-corrected chi connectivity index (χ0v) is 16.4. The lowest BCUT2D eigenvalue weighted by atomic mass is 9.86. The van der Waals surface area contributed by atoms with Crippen molar-refractivity contribution in [1.29, 1.82) is 0 Å². The largest absolute Gasteiger partial charge is 0.416 e. The topological polar surface area (TPSA) is 12.4 Å². The summed E-state index contributed by atoms with van der Waals surface area (Å²) in [6, 6.07) is 6.13. The van der Waals surface area contributed by atoms with E-state index in [1.54, 1.807) is 6.07 Å². The van der Waals surface area contributed by atoms with E-state index < -0.39 is 11.7 Å². The van der Waals surface area contributed by atoms with Crippen LogP contribution in [0.1, 0.15) is 75.3 Å². The molecule has 0 radical (unpaired) electrons. The van der Waals surface area contributed by atoms with Crippen molar-refractivity contribution in [2.24, 2.45) is 10.9 Å². The van der Waals surface area contributed by atoms with Crippen molar-refractivity contribution in [1.82, 2.24) is 0 Å². The summed E-state index contributed by atoms with van der Waals surface area (Å²) in [6.07, 6.45) is 12.5. The molecule has 2 nitrogen and oxygen atoms in total. The lowest BCUT2D eigenvalue weighted by Gasteiger charge is -2.41. The lowest BCUT2D eigenvalue weighted by molar-refractivity contribution is -0.813. The van der Waals surface area contributed by atoms with Gasteiger partial charge in [0.1, 0.15) is 11.9 Å². The number of hydrogen-bond acceptors (Lipinski definition) is 1. The number of quaternary nitrogens is 1. The molecule has 0 aromatic heterocycles. The first-order valence-electron chi connectivity index (χ1n) is 10.8. The Bertz CT molecular complexity index is 740. The molecule has 28 heavy (non-hydrogen) atoms. The average Bonchev–Trinajstić information content (AvgIpc) is 3.14. The quantitative estimate of drug-likeness (QED) is 0.502. The van der Waals surface area contributed by atoms with E-state index in [4.69, 9.17) is 0 Å². The molecule has 2 aliphatic carbocycles. The molecule has 0 amide bonds. The third-order valence-corrected chi connectivity index (χ3v) is 6.81. The molecule has 1 heterocycles. The maximum absolute atomic E-state index is 13.1. The van der Waals surface area contributed by atoms with E-state index in [-0.39, 0.29) is 0 Å². The first kappa shape index (κ1) is 19.7. The minimum atomic E-state index is -4.32. The van der Waals surface area contributed by atoms with Crippen LogP contribution in [0.2, 0.25) is 0 Å². The van der Waals surface area contributed by atoms with Crippen molar-refractivity contribution < 1.29 is 17.7 Å². The van der Waals surface area contributed by atoms with Crippen LogP contribution >= 0.6 is 0 Å². The van der Waals surface area contributed by atoms with Crippen molar-refractivity contribution in [2.45, 2.75) is 76.4 Å². The molecule has 1 aromatic carbocycles. The van der Waals surface area contributed by atoms with Crippen molar-refractivity contribution in [3.8, 4) is 0 Å². The summed E-state index contributed by atoms with van der Waals surface area (Å²) in [5, 5.41) is 0. The number of alkyl halides is 3. The van der Waals surface area contributed by atoms with Gasteiger partial charge in [0.15, 0.2) is 6.34 Å². The van der Waals surface area contributed by atoms with E-state index in [0.717, 1.165) is 17.1 Å². The van der Waals surface area contributed by atoms with Crippen LogP contribution in [-0.4, -0.2) is 23.4 Å². The van der Waals surface area contributed by atoms with Gasteiger partial charge in [0, 0.05) is 24.3 Å². The Balaban J connectivity index is 1.64. The fourth-order valence-corrected chi connectivity index (χ4v) is 5.30. The second-order valence-corrected chi connectivity index (χ2v) is 8.81. The van der Waals surface area contributed by atoms with Gasteiger partial charge in [0.2, 0.25) is 0 Å². The Kier molecular flexibility index (Phi) is 5.64. The molecule has 5 heteroatoms. The predicted octanol–water partition coefficient (Wildman–Crippen LogP) is 6.78. The molecule has 2 saturated carbocycles. The summed E-state index contributed by atoms with van der Waals surface area (Å²) in [4.78, 5) is 4.66. The average molecular weight is 392 g/mol. The van der Waals surface area contributed by atoms with Crippen LogP contribution in [-0.2, 0) is 6.18 Å². The standard InChI is InChI=1S/C23H30F3N2/c24-23(25,26)20-11-7-10-19(14-20)22-16-28(17-27-22,21-12-5-2-6-13-21)15-18-8-3-1-4-9-18/h7,10-11,14,16-18,21H,1-6,8-9,12-13,15H2/q+1/t28-/m0/s1. The summed E-state index contributed by atoms with van der Waals surface area (Å²) in [5.74, 6) is 0.694. The van der Waals surface area contributed by atoms with Crippen LogP contribution in [0.4, 0.5) is 13.2 Å². The maximum atomic E-state index is 13.1. The van der Waals surface area contributed by atoms with E-state index in [1.807, 2.05) is 6.34 Å². The monoisotopic (exact) mass is 391 g/mol. The van der Waals surface area contributed by atoms with Crippen LogP contribution in [0.25, 0.3) is 5.70 Å². The van der Waals surface area contributed by atoms with E-state index in [2.05, 4.69) is 11.2 Å². The predicted molar refractivity (Wildman–Crippen MR) is 106 cm³/mol. The van der Waals surface area contributed by atoms with Gasteiger partial charge in [-0.3, -0.25) is 4.48 Å². The summed E-state index contributed by atoms with van der Waals surface area (Å²) in [7, 11) is 0. The molecule has 0 bridgehead atoms. The zero-order chi connectivity index (χ0) is 19.6. The van der Waals surface area contributed by atoms with Gasteiger partial charge in [-0.2, -0.15) is 18.2 Å². The molecule has 0 unspecified atom stereocenters. The van der Waals surface area contributed by atoms with Crippen molar-refractivity contribution in [3.63, 3.8) is 0 Å². The van der Waals surface area contributed by atoms with Gasteiger partial charge >= 0.3 is 6.18 Å². The number of halogens is 3. The van der Waals surface area contributed by atoms with Crippen molar-refractivity contribution in [3.05, 3.63) is 41.6 Å². The number of benzene rings is 1. The van der Waals surface area contributed by atoms with Gasteiger partial charge in [-0.25, -0.2) is 0 Å². The van der Waals surface area contributed by atoms with Crippen LogP contribution in [0.5, 0.6) is 0 Å². The first-order chi connectivity index (χ1) is 13.5. The zero-order valence-electron chi connectivity index (χ0n) is 16.4. The molecule has 152 valence electrons. The SMILES string of the molecule is FC(F)(F)c1cccc(C2=C[N@+](CC3CCCCC3)(C3CCCCC3)C=N2)c1. The highest BCUT2D eigenvalue weighted by molar-refractivity contribution is 5.75. The fraction of sp³-hybridized carbons (Fsp3) is 0.609. The van der Waals surface area contributed by atoms with Gasteiger partial charge in [0.25, 0.3) is 0 Å². The Morgan fingerprint density at radius 3 is 2.29 bits per heavy atom. The molecule has 4 rings (SSSR count). The lowest BCUT2D eigenvalue weighted by Crippen LogP contribution is -2.52. The summed E-state index contributed by atoms with van der Waals surface area (Å²) < 4.78 is 40.2. The number of hydrogen-bond donors (Lipinski definition) is 0. The third kappa shape index (κ3) is 4.19. The van der Waals surface area contributed by atoms with E-state index in [0.29, 0.717) is 23.2 Å². The number of aliphatic imine (C=N–C) groups is 1. The Hall–Kier alpha value is -1.62. The van der Waals surface area contributed by atoms with Gasteiger partial charge in [0.05, 0.1) is 18.2 Å². The van der Waals surface area contributed by atoms with E-state index in [9.17, 15) is 13.2 Å². The minimum Gasteiger partial charge on any atom is -0.250 e.